The highest BCUT2D eigenvalue weighted by Gasteiger charge is 2.07. The monoisotopic (exact) mass is 546 g/mol. The fourth-order valence-electron chi connectivity index (χ4n) is 4.00. The molecule has 0 spiro atoms. The van der Waals surface area contributed by atoms with E-state index in [1.165, 1.54) is 93.5 Å². The van der Waals surface area contributed by atoms with Crippen LogP contribution in [0, 0.1) is 23.7 Å². The second-order valence-electron chi connectivity index (χ2n) is 8.98. The summed E-state index contributed by atoms with van der Waals surface area (Å²) in [5.41, 5.74) is 0. The van der Waals surface area contributed by atoms with E-state index in [-0.39, 0.29) is 0 Å². The van der Waals surface area contributed by atoms with Crippen molar-refractivity contribution in [3.63, 3.8) is 0 Å². The lowest BCUT2D eigenvalue weighted by Crippen LogP contribution is -1.80. The first-order chi connectivity index (χ1) is 17.7. The molecule has 0 N–H and O–H groups in total. The predicted octanol–water partition coefficient (Wildman–Crippen LogP) is 10.9. The van der Waals surface area contributed by atoms with Gasteiger partial charge in [-0.15, -0.1) is 45.3 Å². The molecule has 0 unspecified atom stereocenters. The minimum atomic E-state index is 1.08. The summed E-state index contributed by atoms with van der Waals surface area (Å²) in [7, 11) is 0. The van der Waals surface area contributed by atoms with Gasteiger partial charge in [0.25, 0.3) is 0 Å². The second kappa shape index (κ2) is 14.6. The standard InChI is InChI=1S/C32H34S4/c1-3-5-7-9-13-25-17-21-29(33-25)31-23-19-27(35-31)15-11-12-16-28-20-24-32(36-28)30-22-18-26(34-30)14-10-8-6-4-2/h17-24H,3-10,13-14H2,1-2H3. The lowest BCUT2D eigenvalue weighted by molar-refractivity contribution is 0.670. The molecule has 0 bridgehead atoms. The Morgan fingerprint density at radius 2 is 0.889 bits per heavy atom. The Morgan fingerprint density at radius 3 is 1.33 bits per heavy atom. The average Bonchev–Trinajstić information content (AvgIpc) is 3.69. The maximum absolute atomic E-state index is 3.24. The van der Waals surface area contributed by atoms with Crippen molar-refractivity contribution in [1.29, 1.82) is 0 Å². The zero-order chi connectivity index (χ0) is 25.0. The molecule has 4 aromatic rings. The van der Waals surface area contributed by atoms with Gasteiger partial charge in [0, 0.05) is 29.3 Å². The average molecular weight is 547 g/mol. The van der Waals surface area contributed by atoms with Crippen molar-refractivity contribution in [3.8, 4) is 43.2 Å². The predicted molar refractivity (Wildman–Crippen MR) is 165 cm³/mol. The first kappa shape index (κ1) is 27.0. The molecule has 4 heterocycles. The minimum absolute atomic E-state index is 1.08. The van der Waals surface area contributed by atoms with Crippen molar-refractivity contribution < 1.29 is 0 Å². The molecule has 0 amide bonds. The molecule has 36 heavy (non-hydrogen) atoms. The van der Waals surface area contributed by atoms with Crippen molar-refractivity contribution in [3.05, 3.63) is 68.0 Å². The normalized spacial score (nSPS) is 10.6. The molecular formula is C32H34S4. The number of hydrogen-bond acceptors (Lipinski definition) is 4. The van der Waals surface area contributed by atoms with E-state index in [4.69, 9.17) is 0 Å². The van der Waals surface area contributed by atoms with E-state index in [9.17, 15) is 0 Å². The van der Waals surface area contributed by atoms with E-state index in [1.54, 1.807) is 22.7 Å². The molecule has 4 rings (SSSR count). The third-order valence-corrected chi connectivity index (χ3v) is 10.7. The number of hydrogen-bond donors (Lipinski definition) is 0. The zero-order valence-corrected chi connectivity index (χ0v) is 24.6. The van der Waals surface area contributed by atoms with Gasteiger partial charge in [-0.3, -0.25) is 0 Å². The topological polar surface area (TPSA) is 0 Å². The Bertz CT molecular complexity index is 1230. The van der Waals surface area contributed by atoms with Crippen LogP contribution in [-0.2, 0) is 12.8 Å². The quantitative estimate of drug-likeness (QED) is 0.122. The van der Waals surface area contributed by atoms with E-state index >= 15 is 0 Å². The Hall–Kier alpha value is -2.08. The van der Waals surface area contributed by atoms with Gasteiger partial charge in [-0.05, 0) is 97.9 Å². The molecule has 0 aliphatic heterocycles. The molecule has 0 saturated heterocycles. The summed E-state index contributed by atoms with van der Waals surface area (Å²) in [6.07, 6.45) is 13.0. The molecule has 0 nitrogen and oxygen atoms in total. The van der Waals surface area contributed by atoms with Gasteiger partial charge in [0.05, 0.1) is 9.75 Å². The summed E-state index contributed by atoms with van der Waals surface area (Å²) in [6.45, 7) is 4.53. The van der Waals surface area contributed by atoms with Crippen LogP contribution in [-0.4, -0.2) is 0 Å². The van der Waals surface area contributed by atoms with Gasteiger partial charge >= 0.3 is 0 Å². The van der Waals surface area contributed by atoms with Crippen molar-refractivity contribution >= 4 is 45.3 Å². The third-order valence-electron chi connectivity index (χ3n) is 6.01. The van der Waals surface area contributed by atoms with Crippen molar-refractivity contribution in [2.75, 3.05) is 0 Å². The summed E-state index contributed by atoms with van der Waals surface area (Å²) in [4.78, 5) is 10.5. The van der Waals surface area contributed by atoms with Crippen LogP contribution in [0.4, 0.5) is 0 Å². The Kier molecular flexibility index (Phi) is 10.9. The van der Waals surface area contributed by atoms with Crippen LogP contribution in [0.5, 0.6) is 0 Å². The minimum Gasteiger partial charge on any atom is -0.139 e. The summed E-state index contributed by atoms with van der Waals surface area (Å²) < 4.78 is 0. The third kappa shape index (κ3) is 8.22. The summed E-state index contributed by atoms with van der Waals surface area (Å²) in [6, 6.07) is 17.7. The first-order valence-corrected chi connectivity index (χ1v) is 16.4. The van der Waals surface area contributed by atoms with Crippen LogP contribution in [0.2, 0.25) is 0 Å². The van der Waals surface area contributed by atoms with Gasteiger partial charge in [-0.1, -0.05) is 52.4 Å². The maximum atomic E-state index is 3.24. The zero-order valence-electron chi connectivity index (χ0n) is 21.3. The lowest BCUT2D eigenvalue weighted by atomic mass is 10.1. The van der Waals surface area contributed by atoms with Crippen molar-refractivity contribution in [1.82, 2.24) is 0 Å². The van der Waals surface area contributed by atoms with Crippen molar-refractivity contribution in [2.24, 2.45) is 0 Å². The van der Waals surface area contributed by atoms with Crippen LogP contribution in [0.15, 0.2) is 48.5 Å². The van der Waals surface area contributed by atoms with Crippen LogP contribution in [0.3, 0.4) is 0 Å². The van der Waals surface area contributed by atoms with Crippen LogP contribution in [0.25, 0.3) is 19.5 Å². The second-order valence-corrected chi connectivity index (χ2v) is 13.5. The number of unbranched alkanes of at least 4 members (excludes halogenated alkanes) is 6. The maximum Gasteiger partial charge on any atom is 0.0785 e. The molecule has 4 aromatic heterocycles. The summed E-state index contributed by atoms with van der Waals surface area (Å²) >= 11 is 7.38. The van der Waals surface area contributed by atoms with E-state index in [0.717, 1.165) is 9.75 Å². The Labute approximate surface area is 233 Å². The fourth-order valence-corrected chi connectivity index (χ4v) is 8.00. The highest BCUT2D eigenvalue weighted by molar-refractivity contribution is 7.23. The number of thiophene rings is 4. The lowest BCUT2D eigenvalue weighted by Gasteiger charge is -1.96. The molecule has 0 aliphatic rings. The van der Waals surface area contributed by atoms with Gasteiger partial charge in [0.15, 0.2) is 0 Å². The summed E-state index contributed by atoms with van der Waals surface area (Å²) in [5.74, 6) is 12.6. The molecule has 186 valence electrons. The Balaban J connectivity index is 1.30. The van der Waals surface area contributed by atoms with Crippen LogP contribution in [0.1, 0.15) is 84.7 Å². The van der Waals surface area contributed by atoms with E-state index in [1.807, 2.05) is 22.7 Å². The van der Waals surface area contributed by atoms with E-state index < -0.39 is 0 Å². The van der Waals surface area contributed by atoms with Crippen LogP contribution >= 0.6 is 45.3 Å². The fraction of sp³-hybridized carbons (Fsp3) is 0.375. The highest BCUT2D eigenvalue weighted by Crippen LogP contribution is 2.35. The smallest absolute Gasteiger partial charge is 0.0785 e. The number of aryl methyl sites for hydroxylation is 2. The van der Waals surface area contributed by atoms with Gasteiger partial charge in [0.1, 0.15) is 0 Å². The SMILES string of the molecule is CCCCCCc1ccc(-c2ccc(C#CC#Cc3ccc(-c4ccc(CCCCCC)s4)s3)s2)s1. The molecule has 0 atom stereocenters. The molecule has 0 aliphatic carbocycles. The Morgan fingerprint density at radius 1 is 0.472 bits per heavy atom. The highest BCUT2D eigenvalue weighted by atomic mass is 32.1. The van der Waals surface area contributed by atoms with Gasteiger partial charge in [-0.25, -0.2) is 0 Å². The molecule has 0 fully saturated rings. The molecule has 0 saturated carbocycles. The number of rotatable bonds is 12. The van der Waals surface area contributed by atoms with Crippen LogP contribution < -0.4 is 0 Å². The van der Waals surface area contributed by atoms with E-state index in [0.29, 0.717) is 0 Å². The first-order valence-electron chi connectivity index (χ1n) is 13.1. The molecular weight excluding hydrogens is 513 g/mol. The van der Waals surface area contributed by atoms with Crippen molar-refractivity contribution in [2.45, 2.75) is 78.1 Å². The van der Waals surface area contributed by atoms with E-state index in [2.05, 4.69) is 86.1 Å². The largest absolute Gasteiger partial charge is 0.139 e. The van der Waals surface area contributed by atoms with Gasteiger partial charge in [-0.2, -0.15) is 0 Å². The molecule has 0 aromatic carbocycles. The molecule has 4 heteroatoms. The van der Waals surface area contributed by atoms with Gasteiger partial charge in [0.2, 0.25) is 0 Å². The summed E-state index contributed by atoms with van der Waals surface area (Å²) in [5, 5.41) is 0. The van der Waals surface area contributed by atoms with Gasteiger partial charge < -0.3 is 0 Å². The molecule has 0 radical (unpaired) electrons.